The van der Waals surface area contributed by atoms with Crippen LogP contribution in [0.15, 0.2) is 28.0 Å². The average Bonchev–Trinajstić information content (AvgIpc) is 3.18. The van der Waals surface area contributed by atoms with Crippen LogP contribution in [0.5, 0.6) is 0 Å². The lowest BCUT2D eigenvalue weighted by Gasteiger charge is -2.09. The Kier molecular flexibility index (Phi) is 8.80. The van der Waals surface area contributed by atoms with Crippen molar-refractivity contribution in [3.8, 4) is 0 Å². The molecule has 0 aromatic carbocycles. The highest BCUT2D eigenvalue weighted by Crippen LogP contribution is 2.22. The van der Waals surface area contributed by atoms with Gasteiger partial charge >= 0.3 is 0 Å². The lowest BCUT2D eigenvalue weighted by atomic mass is 9.99. The monoisotopic (exact) mass is 446 g/mol. The van der Waals surface area contributed by atoms with Crippen molar-refractivity contribution in [3.05, 3.63) is 35.5 Å². The Hall–Kier alpha value is -1.58. The molecule has 0 fully saturated rings. The zero-order chi connectivity index (χ0) is 16.7. The van der Waals surface area contributed by atoms with E-state index >= 15 is 0 Å². The van der Waals surface area contributed by atoms with E-state index in [9.17, 15) is 0 Å². The summed E-state index contributed by atoms with van der Waals surface area (Å²) < 4.78 is 7.18. The SMILES string of the molecule is CCC(CC)c1cc(CNC(=NC)NCc2cnn(C)c2)on1.I. The summed E-state index contributed by atoms with van der Waals surface area (Å²) in [6.07, 6.45) is 5.95. The third-order valence-electron chi connectivity index (χ3n) is 3.85. The summed E-state index contributed by atoms with van der Waals surface area (Å²) in [6.45, 7) is 5.57. The van der Waals surface area contributed by atoms with Crippen molar-refractivity contribution in [2.24, 2.45) is 12.0 Å². The van der Waals surface area contributed by atoms with Gasteiger partial charge in [0.2, 0.25) is 0 Å². The van der Waals surface area contributed by atoms with Gasteiger partial charge in [-0.3, -0.25) is 9.67 Å². The van der Waals surface area contributed by atoms with Crippen LogP contribution in [0.25, 0.3) is 0 Å². The number of rotatable bonds is 7. The van der Waals surface area contributed by atoms with E-state index < -0.39 is 0 Å². The lowest BCUT2D eigenvalue weighted by molar-refractivity contribution is 0.368. The van der Waals surface area contributed by atoms with Crippen molar-refractivity contribution in [2.45, 2.75) is 45.7 Å². The highest BCUT2D eigenvalue weighted by molar-refractivity contribution is 14.0. The number of hydrogen-bond donors (Lipinski definition) is 2. The van der Waals surface area contributed by atoms with E-state index in [0.717, 1.165) is 29.9 Å². The minimum atomic E-state index is 0. The molecule has 8 heteroatoms. The third-order valence-corrected chi connectivity index (χ3v) is 3.85. The number of halogens is 1. The molecule has 0 saturated heterocycles. The Morgan fingerprint density at radius 3 is 2.58 bits per heavy atom. The number of aryl methyl sites for hydroxylation is 1. The van der Waals surface area contributed by atoms with Gasteiger partial charge in [-0.2, -0.15) is 5.10 Å². The zero-order valence-electron chi connectivity index (χ0n) is 14.7. The maximum atomic E-state index is 5.40. The van der Waals surface area contributed by atoms with Gasteiger partial charge in [0.1, 0.15) is 0 Å². The fourth-order valence-electron chi connectivity index (χ4n) is 2.45. The Labute approximate surface area is 160 Å². The van der Waals surface area contributed by atoms with Crippen molar-refractivity contribution in [1.29, 1.82) is 0 Å². The fraction of sp³-hybridized carbons (Fsp3) is 0.562. The first-order valence-corrected chi connectivity index (χ1v) is 8.03. The smallest absolute Gasteiger partial charge is 0.191 e. The summed E-state index contributed by atoms with van der Waals surface area (Å²) >= 11 is 0. The quantitative estimate of drug-likeness (QED) is 0.389. The number of aliphatic imine (C=N–C) groups is 1. The van der Waals surface area contributed by atoms with Gasteiger partial charge in [-0.1, -0.05) is 19.0 Å². The van der Waals surface area contributed by atoms with Crippen molar-refractivity contribution in [3.63, 3.8) is 0 Å². The fourth-order valence-corrected chi connectivity index (χ4v) is 2.45. The summed E-state index contributed by atoms with van der Waals surface area (Å²) in [4.78, 5) is 4.20. The molecule has 0 saturated carbocycles. The molecule has 0 aliphatic heterocycles. The molecule has 2 rings (SSSR count). The van der Waals surface area contributed by atoms with Crippen LogP contribution >= 0.6 is 24.0 Å². The number of nitrogens with one attached hydrogen (secondary N) is 2. The standard InChI is InChI=1S/C16H26N6O.HI/c1-5-13(6-2)15-7-14(23-21-15)10-19-16(17-3)18-8-12-9-20-22(4)11-12;/h7,9,11,13H,5-6,8,10H2,1-4H3,(H2,17,18,19);1H. The van der Waals surface area contributed by atoms with Gasteiger partial charge in [0.05, 0.1) is 18.4 Å². The molecule has 2 heterocycles. The molecule has 0 aliphatic rings. The summed E-state index contributed by atoms with van der Waals surface area (Å²) in [5, 5.41) is 14.8. The van der Waals surface area contributed by atoms with E-state index in [1.807, 2.05) is 25.5 Å². The molecule has 0 atom stereocenters. The Morgan fingerprint density at radius 1 is 1.29 bits per heavy atom. The van der Waals surface area contributed by atoms with Gasteiger partial charge in [0, 0.05) is 44.4 Å². The highest BCUT2D eigenvalue weighted by atomic mass is 127. The molecule has 7 nitrogen and oxygen atoms in total. The Balaban J connectivity index is 0.00000288. The minimum Gasteiger partial charge on any atom is -0.359 e. The summed E-state index contributed by atoms with van der Waals surface area (Å²) in [6, 6.07) is 2.03. The van der Waals surface area contributed by atoms with E-state index in [-0.39, 0.29) is 24.0 Å². The summed E-state index contributed by atoms with van der Waals surface area (Å²) in [7, 11) is 3.65. The number of aromatic nitrogens is 3. The molecule has 0 bridgehead atoms. The molecular weight excluding hydrogens is 419 g/mol. The second-order valence-electron chi connectivity index (χ2n) is 5.53. The molecule has 0 radical (unpaired) electrons. The van der Waals surface area contributed by atoms with Crippen molar-refractivity contribution >= 4 is 29.9 Å². The predicted molar refractivity (Wildman–Crippen MR) is 105 cm³/mol. The first-order valence-electron chi connectivity index (χ1n) is 8.03. The van der Waals surface area contributed by atoms with Gasteiger partial charge in [0.15, 0.2) is 11.7 Å². The van der Waals surface area contributed by atoms with Gasteiger partial charge in [-0.05, 0) is 12.8 Å². The number of nitrogens with zero attached hydrogens (tertiary/aromatic N) is 4. The Morgan fingerprint density at radius 2 is 2.00 bits per heavy atom. The topological polar surface area (TPSA) is 80.3 Å². The number of guanidine groups is 1. The molecule has 2 N–H and O–H groups in total. The molecule has 24 heavy (non-hydrogen) atoms. The van der Waals surface area contributed by atoms with Crippen LogP contribution in [0, 0.1) is 0 Å². The zero-order valence-corrected chi connectivity index (χ0v) is 17.1. The van der Waals surface area contributed by atoms with Crippen LogP contribution in [0.4, 0.5) is 0 Å². The van der Waals surface area contributed by atoms with E-state index in [1.165, 1.54) is 0 Å². The van der Waals surface area contributed by atoms with E-state index in [4.69, 9.17) is 4.52 Å². The molecule has 0 aliphatic carbocycles. The second-order valence-corrected chi connectivity index (χ2v) is 5.53. The summed E-state index contributed by atoms with van der Waals surface area (Å²) in [5.74, 6) is 2.00. The van der Waals surface area contributed by atoms with Gasteiger partial charge in [-0.25, -0.2) is 0 Å². The first kappa shape index (κ1) is 20.5. The molecule has 2 aromatic heterocycles. The van der Waals surface area contributed by atoms with E-state index in [0.29, 0.717) is 25.0 Å². The van der Waals surface area contributed by atoms with Crippen molar-refractivity contribution in [2.75, 3.05) is 7.05 Å². The van der Waals surface area contributed by atoms with Crippen LogP contribution in [0.1, 0.15) is 49.6 Å². The summed E-state index contributed by atoms with van der Waals surface area (Å²) in [5.41, 5.74) is 2.14. The Bertz CT molecular complexity index is 632. The average molecular weight is 446 g/mol. The molecular formula is C16H27IN6O. The van der Waals surface area contributed by atoms with Crippen molar-refractivity contribution < 1.29 is 4.52 Å². The maximum Gasteiger partial charge on any atom is 0.191 e. The van der Waals surface area contributed by atoms with Crippen LogP contribution in [0.3, 0.4) is 0 Å². The molecule has 134 valence electrons. The third kappa shape index (κ3) is 5.81. The second kappa shape index (κ2) is 10.3. The normalized spacial score (nSPS) is 11.5. The van der Waals surface area contributed by atoms with Crippen LogP contribution in [-0.2, 0) is 20.1 Å². The van der Waals surface area contributed by atoms with Crippen LogP contribution in [-0.4, -0.2) is 27.9 Å². The van der Waals surface area contributed by atoms with E-state index in [1.54, 1.807) is 11.7 Å². The first-order chi connectivity index (χ1) is 11.2. The molecule has 0 amide bonds. The van der Waals surface area contributed by atoms with Crippen LogP contribution < -0.4 is 10.6 Å². The molecule has 2 aromatic rings. The van der Waals surface area contributed by atoms with Crippen LogP contribution in [0.2, 0.25) is 0 Å². The number of hydrogen-bond acceptors (Lipinski definition) is 4. The predicted octanol–water partition coefficient (Wildman–Crippen LogP) is 2.79. The highest BCUT2D eigenvalue weighted by Gasteiger charge is 2.13. The van der Waals surface area contributed by atoms with Gasteiger partial charge < -0.3 is 15.2 Å². The lowest BCUT2D eigenvalue weighted by Crippen LogP contribution is -2.36. The largest absolute Gasteiger partial charge is 0.359 e. The van der Waals surface area contributed by atoms with Gasteiger partial charge in [0.25, 0.3) is 0 Å². The molecule has 0 unspecified atom stereocenters. The van der Waals surface area contributed by atoms with Crippen molar-refractivity contribution in [1.82, 2.24) is 25.6 Å². The molecule has 0 spiro atoms. The van der Waals surface area contributed by atoms with Gasteiger partial charge in [-0.15, -0.1) is 24.0 Å². The van der Waals surface area contributed by atoms with E-state index in [2.05, 4.69) is 39.7 Å². The maximum absolute atomic E-state index is 5.40. The minimum absolute atomic E-state index is 0.